The quantitative estimate of drug-likeness (QED) is 0.0320. The Morgan fingerprint density at radius 1 is 0.529 bits per heavy atom. The van der Waals surface area contributed by atoms with E-state index in [4.69, 9.17) is 16.6 Å². The molecule has 1 aromatic rings. The van der Waals surface area contributed by atoms with Crippen molar-refractivity contribution < 1.29 is 93.3 Å². The highest BCUT2D eigenvalue weighted by atomic mass is 16.4. The molecule has 0 saturated heterocycles. The Hall–Kier alpha value is -7.46. The highest BCUT2D eigenvalue weighted by molar-refractivity contribution is 5.98. The maximum atomic E-state index is 14.0. The first-order valence-corrected chi connectivity index (χ1v) is 20.9. The Morgan fingerprint density at radius 3 is 1.31 bits per heavy atom. The Kier molecular flexibility index (Phi) is 25.2. The number of benzene rings is 1. The van der Waals surface area contributed by atoms with Gasteiger partial charge < -0.3 is 84.4 Å². The Labute approximate surface area is 387 Å². The predicted molar refractivity (Wildman–Crippen MR) is 229 cm³/mol. The van der Waals surface area contributed by atoms with E-state index in [1.54, 1.807) is 6.92 Å². The minimum atomic E-state index is -1.90. The van der Waals surface area contributed by atoms with Gasteiger partial charge in [0.1, 0.15) is 48.0 Å². The number of nitrogens with one attached hydrogen (secondary N) is 7. The molecule has 1 aromatic carbocycles. The van der Waals surface area contributed by atoms with Gasteiger partial charge in [0.15, 0.2) is 0 Å². The Morgan fingerprint density at radius 2 is 0.897 bits per heavy atom. The lowest BCUT2D eigenvalue weighted by atomic mass is 9.96. The number of hydrogen-bond donors (Lipinski definition) is 16. The molecule has 0 heterocycles. The van der Waals surface area contributed by atoms with Crippen LogP contribution in [-0.4, -0.2) is 168 Å². The lowest BCUT2D eigenvalue weighted by molar-refractivity contribution is -0.144. The minimum absolute atomic E-state index is 0.199. The number of phenols is 1. The normalized spacial score (nSPS) is 14.8. The minimum Gasteiger partial charge on any atom is -0.508 e. The summed E-state index contributed by atoms with van der Waals surface area (Å²) in [5.74, 6) is -16.1. The van der Waals surface area contributed by atoms with Gasteiger partial charge in [-0.1, -0.05) is 32.4 Å². The van der Waals surface area contributed by atoms with Crippen molar-refractivity contribution in [3.8, 4) is 5.75 Å². The molecule has 18 N–H and O–H groups in total. The Bertz CT molecular complexity index is 1990. The number of carbonyl (C=O) groups is 12. The molecule has 0 aromatic heterocycles. The summed E-state index contributed by atoms with van der Waals surface area (Å²) in [6.45, 7) is 0.882. The molecule has 0 fully saturated rings. The highest BCUT2D eigenvalue weighted by Gasteiger charge is 2.36. The summed E-state index contributed by atoms with van der Waals surface area (Å²) in [7, 11) is 0. The molecule has 8 amide bonds. The standard InChI is InChI=1S/C40H59N9O19/c1-3-18(2)32(39(66)45-24(40(67)68)10-13-31(58)59)49-35(62)23(9-12-30(56)57)43-34(61)22(8-11-29(54)55)44-36(63)25(14-19-4-6-20(52)7-5-19)46-37(64)27(17-51)48-38(65)26(16-50)47-33(60)21(41)15-28(42)53/h4-7,18,21-27,32,50-52H,3,8-17,41H2,1-2H3,(H2,42,53)(H,43,61)(H,44,63)(H,45,66)(H,46,64)(H,47,60)(H,48,65)(H,49,62)(H,54,55)(H,56,57)(H,58,59)(H,67,68)/t18-,21-,22-,23-,24-,25-,26-,27-,32-/m0/s1. The number of carbonyl (C=O) groups excluding carboxylic acids is 8. The summed E-state index contributed by atoms with van der Waals surface area (Å²) >= 11 is 0. The topological polar surface area (TPSA) is 483 Å². The summed E-state index contributed by atoms with van der Waals surface area (Å²) in [6.07, 6.45) is -4.93. The van der Waals surface area contributed by atoms with E-state index in [9.17, 15) is 88.2 Å². The summed E-state index contributed by atoms with van der Waals surface area (Å²) in [5, 5.41) is 82.4. The van der Waals surface area contributed by atoms with E-state index in [0.29, 0.717) is 0 Å². The monoisotopic (exact) mass is 969 g/mol. The number of carboxylic acid groups (broad SMARTS) is 4. The van der Waals surface area contributed by atoms with Gasteiger partial charge in [-0.15, -0.1) is 0 Å². The second-order valence-corrected chi connectivity index (χ2v) is 15.4. The fourth-order valence-corrected chi connectivity index (χ4v) is 5.96. The van der Waals surface area contributed by atoms with Crippen LogP contribution in [0.15, 0.2) is 24.3 Å². The zero-order chi connectivity index (χ0) is 51.8. The fourth-order valence-electron chi connectivity index (χ4n) is 5.96. The average molecular weight is 970 g/mol. The number of nitrogens with two attached hydrogens (primary N) is 2. The van der Waals surface area contributed by atoms with Crippen LogP contribution in [0.25, 0.3) is 0 Å². The van der Waals surface area contributed by atoms with E-state index in [2.05, 4.69) is 31.9 Å². The van der Waals surface area contributed by atoms with Gasteiger partial charge in [-0.25, -0.2) is 4.79 Å². The number of rotatable bonds is 32. The number of aliphatic carboxylic acids is 4. The van der Waals surface area contributed by atoms with Crippen LogP contribution in [0, 0.1) is 5.92 Å². The zero-order valence-electron chi connectivity index (χ0n) is 37.0. The number of hydrogen-bond acceptors (Lipinski definition) is 16. The van der Waals surface area contributed by atoms with Crippen molar-refractivity contribution >= 4 is 71.1 Å². The first-order valence-electron chi connectivity index (χ1n) is 20.9. The lowest BCUT2D eigenvalue weighted by Gasteiger charge is -2.29. The van der Waals surface area contributed by atoms with E-state index in [1.165, 1.54) is 31.2 Å². The number of phenolic OH excluding ortho intramolecular Hbond substituents is 1. The largest absolute Gasteiger partial charge is 0.508 e. The maximum Gasteiger partial charge on any atom is 0.326 e. The van der Waals surface area contributed by atoms with Gasteiger partial charge in [0.05, 0.1) is 25.7 Å². The van der Waals surface area contributed by atoms with Gasteiger partial charge in [-0.2, -0.15) is 0 Å². The number of carboxylic acids is 4. The van der Waals surface area contributed by atoms with E-state index < -0.39 is 190 Å². The highest BCUT2D eigenvalue weighted by Crippen LogP contribution is 2.14. The third-order valence-corrected chi connectivity index (χ3v) is 10.0. The summed E-state index contributed by atoms with van der Waals surface area (Å²) in [6, 6.07) is -8.76. The third-order valence-electron chi connectivity index (χ3n) is 10.0. The molecule has 0 bridgehead atoms. The van der Waals surface area contributed by atoms with Crippen molar-refractivity contribution in [2.75, 3.05) is 13.2 Å². The van der Waals surface area contributed by atoms with Crippen molar-refractivity contribution in [1.82, 2.24) is 37.2 Å². The van der Waals surface area contributed by atoms with Gasteiger partial charge in [0.2, 0.25) is 47.3 Å². The van der Waals surface area contributed by atoms with Gasteiger partial charge in [-0.05, 0) is 42.9 Å². The van der Waals surface area contributed by atoms with E-state index in [0.717, 1.165) is 0 Å². The molecule has 0 aliphatic heterocycles. The lowest BCUT2D eigenvalue weighted by Crippen LogP contribution is -2.61. The van der Waals surface area contributed by atoms with Crippen molar-refractivity contribution in [2.24, 2.45) is 17.4 Å². The van der Waals surface area contributed by atoms with Crippen molar-refractivity contribution in [2.45, 2.75) is 120 Å². The summed E-state index contributed by atoms with van der Waals surface area (Å²) in [4.78, 5) is 151. The molecule has 0 aliphatic rings. The number of aromatic hydroxyl groups is 1. The predicted octanol–water partition coefficient (Wildman–Crippen LogP) is -5.76. The molecule has 0 radical (unpaired) electrons. The van der Waals surface area contributed by atoms with Crippen molar-refractivity contribution in [3.05, 3.63) is 29.8 Å². The fraction of sp³-hybridized carbons (Fsp3) is 0.550. The van der Waals surface area contributed by atoms with Crippen LogP contribution in [0.4, 0.5) is 0 Å². The van der Waals surface area contributed by atoms with E-state index >= 15 is 0 Å². The molecule has 28 nitrogen and oxygen atoms in total. The van der Waals surface area contributed by atoms with Crippen LogP contribution in [0.1, 0.15) is 70.8 Å². The Balaban J connectivity index is 3.52. The molecular formula is C40H59N9O19. The molecular weight excluding hydrogens is 910 g/mol. The molecule has 1 rings (SSSR count). The molecule has 0 aliphatic carbocycles. The smallest absolute Gasteiger partial charge is 0.326 e. The maximum absolute atomic E-state index is 14.0. The first-order chi connectivity index (χ1) is 31.8. The van der Waals surface area contributed by atoms with Gasteiger partial charge in [0.25, 0.3) is 0 Å². The van der Waals surface area contributed by atoms with Crippen LogP contribution >= 0.6 is 0 Å². The van der Waals surface area contributed by atoms with Crippen LogP contribution in [0.3, 0.4) is 0 Å². The SMILES string of the molecule is CC[C@H](C)[C@H](NC(=O)[C@H](CCC(=O)O)NC(=O)[C@H](CCC(=O)O)NC(=O)[C@H](Cc1ccc(O)cc1)NC(=O)[C@H](CO)NC(=O)[C@H](CO)NC(=O)[C@@H](N)CC(N)=O)C(=O)N[C@@H](CCC(=O)O)C(=O)O. The molecule has 0 spiro atoms. The number of primary amides is 1. The summed E-state index contributed by atoms with van der Waals surface area (Å²) < 4.78 is 0. The molecule has 28 heteroatoms. The van der Waals surface area contributed by atoms with E-state index in [1.807, 2.05) is 5.32 Å². The number of aliphatic hydroxyl groups excluding tert-OH is 2. The van der Waals surface area contributed by atoms with Crippen LogP contribution in [-0.2, 0) is 64.0 Å². The molecule has 68 heavy (non-hydrogen) atoms. The van der Waals surface area contributed by atoms with E-state index in [-0.39, 0.29) is 17.7 Å². The number of amides is 8. The molecule has 9 atom stereocenters. The third kappa shape index (κ3) is 21.2. The second kappa shape index (κ2) is 29.2. The van der Waals surface area contributed by atoms with Crippen molar-refractivity contribution in [1.29, 1.82) is 0 Å². The number of aliphatic hydroxyl groups is 2. The van der Waals surface area contributed by atoms with Gasteiger partial charge >= 0.3 is 23.9 Å². The molecule has 0 saturated carbocycles. The van der Waals surface area contributed by atoms with Gasteiger partial charge in [-0.3, -0.25) is 52.7 Å². The molecule has 0 unspecified atom stereocenters. The van der Waals surface area contributed by atoms with Crippen LogP contribution < -0.4 is 48.7 Å². The molecule has 378 valence electrons. The van der Waals surface area contributed by atoms with Gasteiger partial charge in [0, 0.05) is 25.7 Å². The zero-order valence-corrected chi connectivity index (χ0v) is 37.0. The average Bonchev–Trinajstić information content (AvgIpc) is 3.26. The van der Waals surface area contributed by atoms with Crippen LogP contribution in [0.5, 0.6) is 5.75 Å². The second-order valence-electron chi connectivity index (χ2n) is 15.4. The van der Waals surface area contributed by atoms with Crippen LogP contribution in [0.2, 0.25) is 0 Å². The van der Waals surface area contributed by atoms with Crippen molar-refractivity contribution in [3.63, 3.8) is 0 Å². The first kappa shape index (κ1) is 58.6. The summed E-state index contributed by atoms with van der Waals surface area (Å²) in [5.41, 5.74) is 10.8.